The molecule has 0 radical (unpaired) electrons. The summed E-state index contributed by atoms with van der Waals surface area (Å²) in [6.45, 7) is 9.30. The van der Waals surface area contributed by atoms with Crippen molar-refractivity contribution in [2.24, 2.45) is 11.8 Å². The standard InChI is InChI=1S/C64H94S6/c1-5-9-13-17-21-23-27-31-35-51(33-29-25-19-15-11-7-3)49-53-37-39-55(65-53)57-41-43-59(67-57)61-45-47-63(69-61)64-48-46-62(70-64)60-44-42-58(68-60)56-40-38-54(66-56)50-52(34-30-26-20-16-12-8-4)36-32-28-24-22-18-14-10-6-2/h37-48,51-52H,5-36,49-50H2,1-4H3. The van der Waals surface area contributed by atoms with Crippen LogP contribution in [0.2, 0.25) is 0 Å². The summed E-state index contributed by atoms with van der Waals surface area (Å²) in [7, 11) is 0. The summed E-state index contributed by atoms with van der Waals surface area (Å²) in [4.78, 5) is 17.3. The Balaban J connectivity index is 0.999. The van der Waals surface area contributed by atoms with Gasteiger partial charge in [0.2, 0.25) is 0 Å². The predicted molar refractivity (Wildman–Crippen MR) is 326 cm³/mol. The van der Waals surface area contributed by atoms with E-state index in [-0.39, 0.29) is 0 Å². The van der Waals surface area contributed by atoms with Crippen LogP contribution in [-0.4, -0.2) is 0 Å². The molecule has 0 saturated carbocycles. The molecule has 0 amide bonds. The molecular formula is C64H94S6. The Hall–Kier alpha value is -1.80. The summed E-state index contributed by atoms with van der Waals surface area (Å²) in [5, 5.41) is 0. The van der Waals surface area contributed by atoms with Gasteiger partial charge >= 0.3 is 0 Å². The lowest BCUT2D eigenvalue weighted by Crippen LogP contribution is -2.04. The van der Waals surface area contributed by atoms with Gasteiger partial charge in [-0.1, -0.05) is 233 Å². The van der Waals surface area contributed by atoms with Crippen molar-refractivity contribution in [1.29, 1.82) is 0 Å². The maximum absolute atomic E-state index is 2.46. The second-order valence-corrected chi connectivity index (χ2v) is 27.6. The molecule has 386 valence electrons. The minimum Gasteiger partial charge on any atom is -0.139 e. The summed E-state index contributed by atoms with van der Waals surface area (Å²) in [5.74, 6) is 1.68. The third kappa shape index (κ3) is 20.8. The molecule has 0 nitrogen and oxygen atoms in total. The van der Waals surface area contributed by atoms with Crippen molar-refractivity contribution in [2.75, 3.05) is 0 Å². The molecular weight excluding hydrogens is 961 g/mol. The van der Waals surface area contributed by atoms with Crippen LogP contribution in [0.3, 0.4) is 0 Å². The van der Waals surface area contributed by atoms with E-state index < -0.39 is 0 Å². The van der Waals surface area contributed by atoms with Crippen LogP contribution in [0.25, 0.3) is 48.8 Å². The molecule has 0 aliphatic heterocycles. The van der Waals surface area contributed by atoms with Crippen molar-refractivity contribution in [2.45, 2.75) is 246 Å². The first-order valence-electron chi connectivity index (χ1n) is 29.1. The molecule has 2 atom stereocenters. The molecule has 0 aromatic carbocycles. The van der Waals surface area contributed by atoms with E-state index in [1.165, 1.54) is 267 Å². The van der Waals surface area contributed by atoms with E-state index >= 15 is 0 Å². The topological polar surface area (TPSA) is 0 Å². The monoisotopic (exact) mass is 1050 g/mol. The summed E-state index contributed by atoms with van der Waals surface area (Å²) < 4.78 is 0. The van der Waals surface area contributed by atoms with Crippen LogP contribution in [0, 0.1) is 11.8 Å². The van der Waals surface area contributed by atoms with Gasteiger partial charge < -0.3 is 0 Å². The number of hydrogen-bond donors (Lipinski definition) is 0. The van der Waals surface area contributed by atoms with Crippen molar-refractivity contribution in [3.05, 3.63) is 82.6 Å². The normalized spacial score (nSPS) is 12.7. The van der Waals surface area contributed by atoms with E-state index in [9.17, 15) is 0 Å². The van der Waals surface area contributed by atoms with Crippen molar-refractivity contribution in [3.63, 3.8) is 0 Å². The molecule has 0 bridgehead atoms. The van der Waals surface area contributed by atoms with Crippen molar-refractivity contribution in [1.82, 2.24) is 0 Å². The Morgan fingerprint density at radius 2 is 0.414 bits per heavy atom. The third-order valence-corrected chi connectivity index (χ3v) is 22.3. The molecule has 70 heavy (non-hydrogen) atoms. The van der Waals surface area contributed by atoms with E-state index in [0.717, 1.165) is 11.8 Å². The van der Waals surface area contributed by atoms with E-state index in [2.05, 4.69) is 123 Å². The zero-order chi connectivity index (χ0) is 48.9. The molecule has 6 heterocycles. The lowest BCUT2D eigenvalue weighted by Gasteiger charge is -2.16. The summed E-state index contributed by atoms with van der Waals surface area (Å²) in [6, 6.07) is 28.7. The fourth-order valence-electron chi connectivity index (χ4n) is 10.5. The molecule has 0 spiro atoms. The smallest absolute Gasteiger partial charge is 0.0449 e. The highest BCUT2D eigenvalue weighted by Gasteiger charge is 2.17. The lowest BCUT2D eigenvalue weighted by molar-refractivity contribution is 0.402. The molecule has 0 saturated heterocycles. The van der Waals surface area contributed by atoms with Gasteiger partial charge in [0.25, 0.3) is 0 Å². The molecule has 6 aromatic rings. The average molecular weight is 1060 g/mol. The third-order valence-electron chi connectivity index (χ3n) is 14.8. The van der Waals surface area contributed by atoms with Crippen LogP contribution in [-0.2, 0) is 12.8 Å². The average Bonchev–Trinajstić information content (AvgIpc) is 4.24. The van der Waals surface area contributed by atoms with E-state index in [4.69, 9.17) is 0 Å². The van der Waals surface area contributed by atoms with E-state index in [0.29, 0.717) is 0 Å². The maximum Gasteiger partial charge on any atom is 0.0449 e. The van der Waals surface area contributed by atoms with Gasteiger partial charge in [0.05, 0.1) is 0 Å². The maximum atomic E-state index is 2.46. The van der Waals surface area contributed by atoms with Crippen molar-refractivity contribution in [3.8, 4) is 48.8 Å². The second-order valence-electron chi connectivity index (χ2n) is 21.0. The minimum atomic E-state index is 0.839. The number of thiophene rings is 6. The van der Waals surface area contributed by atoms with Crippen LogP contribution in [0.5, 0.6) is 0 Å². The van der Waals surface area contributed by atoms with Gasteiger partial charge in [0, 0.05) is 58.5 Å². The highest BCUT2D eigenvalue weighted by atomic mass is 32.1. The predicted octanol–water partition coefficient (Wildman–Crippen LogP) is 25.3. The molecule has 2 unspecified atom stereocenters. The van der Waals surface area contributed by atoms with Gasteiger partial charge in [-0.15, -0.1) is 68.0 Å². The highest BCUT2D eigenvalue weighted by Crippen LogP contribution is 2.46. The van der Waals surface area contributed by atoms with Crippen LogP contribution in [0.4, 0.5) is 0 Å². The SMILES string of the molecule is CCCCCCCCCCC(CCCCCCCC)Cc1ccc(-c2ccc(-c3ccc(-c4ccc(-c5ccc(-c6ccc(CC(CCCCCCCC)CCCCCCCCCC)s6)s5)s4)s3)s2)s1. The Bertz CT molecular complexity index is 2040. The van der Waals surface area contributed by atoms with E-state index in [1.807, 2.05) is 45.3 Å². The van der Waals surface area contributed by atoms with Crippen molar-refractivity contribution < 1.29 is 0 Å². The van der Waals surface area contributed by atoms with Crippen LogP contribution >= 0.6 is 68.0 Å². The van der Waals surface area contributed by atoms with Gasteiger partial charge in [-0.25, -0.2) is 0 Å². The molecule has 0 fully saturated rings. The fourth-order valence-corrected chi connectivity index (χ4v) is 17.2. The zero-order valence-corrected chi connectivity index (χ0v) is 49.5. The summed E-state index contributed by atoms with van der Waals surface area (Å²) in [5.41, 5.74) is 0. The number of rotatable bonds is 41. The number of hydrogen-bond acceptors (Lipinski definition) is 6. The van der Waals surface area contributed by atoms with Gasteiger partial charge in [0.1, 0.15) is 0 Å². The first-order chi connectivity index (χ1) is 34.6. The molecule has 0 aliphatic rings. The Morgan fingerprint density at radius 1 is 0.229 bits per heavy atom. The molecule has 6 heteroatoms. The van der Waals surface area contributed by atoms with Crippen LogP contribution < -0.4 is 0 Å². The number of unbranched alkanes of at least 4 members (excludes halogenated alkanes) is 24. The summed E-state index contributed by atoms with van der Waals surface area (Å²) >= 11 is 12.0. The molecule has 0 N–H and O–H groups in total. The quantitative estimate of drug-likeness (QED) is 0.0336. The van der Waals surface area contributed by atoms with Crippen LogP contribution in [0.1, 0.15) is 243 Å². The van der Waals surface area contributed by atoms with Crippen molar-refractivity contribution >= 4 is 68.0 Å². The second kappa shape index (κ2) is 34.6. The molecule has 6 aromatic heterocycles. The molecule has 0 aliphatic carbocycles. The van der Waals surface area contributed by atoms with Gasteiger partial charge in [-0.05, 0) is 97.5 Å². The zero-order valence-electron chi connectivity index (χ0n) is 44.6. The first-order valence-corrected chi connectivity index (χ1v) is 34.0. The molecule has 6 rings (SSSR count). The van der Waals surface area contributed by atoms with Crippen LogP contribution in [0.15, 0.2) is 72.8 Å². The highest BCUT2D eigenvalue weighted by molar-refractivity contribution is 7.30. The van der Waals surface area contributed by atoms with Gasteiger partial charge in [0.15, 0.2) is 0 Å². The largest absolute Gasteiger partial charge is 0.139 e. The first kappa shape index (κ1) is 57.5. The fraction of sp³-hybridized carbons (Fsp3) is 0.625. The Kier molecular flexibility index (Phi) is 28.4. The Morgan fingerprint density at radius 3 is 0.643 bits per heavy atom. The van der Waals surface area contributed by atoms with E-state index in [1.54, 1.807) is 9.75 Å². The van der Waals surface area contributed by atoms with Gasteiger partial charge in [-0.3, -0.25) is 0 Å². The Labute approximate surface area is 453 Å². The lowest BCUT2D eigenvalue weighted by atomic mass is 9.91. The van der Waals surface area contributed by atoms with Gasteiger partial charge in [-0.2, -0.15) is 0 Å². The minimum absolute atomic E-state index is 0.839. The summed E-state index contributed by atoms with van der Waals surface area (Å²) in [6.07, 6.45) is 47.7.